The molecule has 0 saturated carbocycles. The minimum absolute atomic E-state index is 0.00703. The number of ether oxygens (including phenoxy) is 1. The molecule has 1 atom stereocenters. The Morgan fingerprint density at radius 1 is 1.00 bits per heavy atom. The lowest BCUT2D eigenvalue weighted by Crippen LogP contribution is -2.47. The fraction of sp³-hybridized carbons (Fsp3) is 0.174. The van der Waals surface area contributed by atoms with E-state index in [2.05, 4.69) is 18.8 Å². The van der Waals surface area contributed by atoms with Crippen LogP contribution in [0.15, 0.2) is 77.7 Å². The number of hydrogen-bond donors (Lipinski definition) is 2. The maximum atomic E-state index is 13.2. The molecule has 0 aliphatic rings. The molecule has 8 nitrogen and oxygen atoms in total. The summed E-state index contributed by atoms with van der Waals surface area (Å²) >= 11 is 0.938. The van der Waals surface area contributed by atoms with Gasteiger partial charge >= 0.3 is 0 Å². The zero-order chi connectivity index (χ0) is 23.3. The largest absolute Gasteiger partial charge is 0.497 e. The van der Waals surface area contributed by atoms with E-state index in [1.807, 2.05) is 54.6 Å². The first-order chi connectivity index (χ1) is 16.0. The van der Waals surface area contributed by atoms with Crippen molar-refractivity contribution in [2.75, 3.05) is 7.11 Å². The summed E-state index contributed by atoms with van der Waals surface area (Å²) in [5.41, 5.74) is 2.44. The van der Waals surface area contributed by atoms with Crippen LogP contribution in [0.25, 0.3) is 11.0 Å². The summed E-state index contributed by atoms with van der Waals surface area (Å²) in [4.78, 5) is 13.1. The standard InChI is InChI=1S/C23H22N4O4S2/c1-31-18-10-5-9-17(13-18)15-24-23(28)20(14-16-7-3-2-4-8-16)27-33(29,30)21-12-6-11-19-22(21)26-32-25-19/h2-13,20,27H,14-15H2,1H3,(H,24,28)/t20-/m1/s1. The second-order valence-corrected chi connectivity index (χ2v) is 9.53. The number of carbonyl (C=O) groups excluding carboxylic acids is 1. The number of benzene rings is 3. The summed E-state index contributed by atoms with van der Waals surface area (Å²) in [6, 6.07) is 20.3. The maximum Gasteiger partial charge on any atom is 0.243 e. The number of nitrogens with one attached hydrogen (secondary N) is 2. The van der Waals surface area contributed by atoms with Crippen molar-refractivity contribution in [3.63, 3.8) is 0 Å². The van der Waals surface area contributed by atoms with E-state index in [-0.39, 0.29) is 23.4 Å². The van der Waals surface area contributed by atoms with Gasteiger partial charge in [-0.3, -0.25) is 4.79 Å². The molecule has 0 saturated heterocycles. The van der Waals surface area contributed by atoms with Gasteiger partial charge in [0.25, 0.3) is 0 Å². The molecule has 0 unspecified atom stereocenters. The summed E-state index contributed by atoms with van der Waals surface area (Å²) < 4.78 is 42.5. The first-order valence-corrected chi connectivity index (χ1v) is 12.4. The van der Waals surface area contributed by atoms with E-state index in [1.165, 1.54) is 6.07 Å². The van der Waals surface area contributed by atoms with Gasteiger partial charge in [-0.15, -0.1) is 0 Å². The van der Waals surface area contributed by atoms with Gasteiger partial charge in [-0.25, -0.2) is 8.42 Å². The highest BCUT2D eigenvalue weighted by atomic mass is 32.2. The molecule has 2 N–H and O–H groups in total. The van der Waals surface area contributed by atoms with Crippen LogP contribution in [0.2, 0.25) is 0 Å². The van der Waals surface area contributed by atoms with Crippen molar-refractivity contribution in [1.82, 2.24) is 18.8 Å². The number of hydrogen-bond acceptors (Lipinski definition) is 7. The summed E-state index contributed by atoms with van der Waals surface area (Å²) in [5.74, 6) is 0.238. The van der Waals surface area contributed by atoms with Crippen LogP contribution in [0.3, 0.4) is 0 Å². The van der Waals surface area contributed by atoms with Crippen molar-refractivity contribution in [3.05, 3.63) is 83.9 Å². The molecule has 0 bridgehead atoms. The Hall–Kier alpha value is -3.34. The number of amides is 1. The molecule has 4 rings (SSSR count). The lowest BCUT2D eigenvalue weighted by atomic mass is 10.1. The van der Waals surface area contributed by atoms with Gasteiger partial charge in [0.2, 0.25) is 15.9 Å². The van der Waals surface area contributed by atoms with E-state index in [4.69, 9.17) is 4.74 Å². The fourth-order valence-electron chi connectivity index (χ4n) is 3.38. The maximum absolute atomic E-state index is 13.2. The average molecular weight is 483 g/mol. The number of methoxy groups -OCH3 is 1. The van der Waals surface area contributed by atoms with Crippen molar-refractivity contribution in [1.29, 1.82) is 0 Å². The molecule has 0 radical (unpaired) electrons. The molecular formula is C23H22N4O4S2. The van der Waals surface area contributed by atoms with Gasteiger partial charge in [-0.05, 0) is 41.8 Å². The smallest absolute Gasteiger partial charge is 0.243 e. The number of fused-ring (bicyclic) bond motifs is 1. The molecule has 1 heterocycles. The van der Waals surface area contributed by atoms with Gasteiger partial charge in [0.15, 0.2) is 0 Å². The molecule has 0 spiro atoms. The Labute approximate surface area is 196 Å². The van der Waals surface area contributed by atoms with Crippen LogP contribution in [0, 0.1) is 0 Å². The molecule has 33 heavy (non-hydrogen) atoms. The van der Waals surface area contributed by atoms with Gasteiger partial charge < -0.3 is 10.1 Å². The minimum atomic E-state index is -4.04. The number of rotatable bonds is 9. The van der Waals surface area contributed by atoms with E-state index in [1.54, 1.807) is 19.2 Å². The minimum Gasteiger partial charge on any atom is -0.497 e. The van der Waals surface area contributed by atoms with Crippen LogP contribution >= 0.6 is 11.7 Å². The quantitative estimate of drug-likeness (QED) is 0.380. The Balaban J connectivity index is 1.57. The summed E-state index contributed by atoms with van der Waals surface area (Å²) in [7, 11) is -2.47. The molecule has 10 heteroatoms. The monoisotopic (exact) mass is 482 g/mol. The van der Waals surface area contributed by atoms with E-state index in [9.17, 15) is 13.2 Å². The van der Waals surface area contributed by atoms with Gasteiger partial charge in [0, 0.05) is 6.54 Å². The molecule has 1 aromatic heterocycles. The molecule has 4 aromatic rings. The molecule has 0 fully saturated rings. The van der Waals surface area contributed by atoms with Crippen LogP contribution in [0.4, 0.5) is 0 Å². The van der Waals surface area contributed by atoms with Crippen molar-refractivity contribution < 1.29 is 17.9 Å². The van der Waals surface area contributed by atoms with Crippen molar-refractivity contribution in [2.24, 2.45) is 0 Å². The molecular weight excluding hydrogens is 460 g/mol. The van der Waals surface area contributed by atoms with E-state index < -0.39 is 22.0 Å². The van der Waals surface area contributed by atoms with Crippen LogP contribution < -0.4 is 14.8 Å². The van der Waals surface area contributed by atoms with Gasteiger partial charge in [0.05, 0.1) is 18.8 Å². The third-order valence-electron chi connectivity index (χ3n) is 5.04. The van der Waals surface area contributed by atoms with Crippen molar-refractivity contribution in [2.45, 2.75) is 23.9 Å². The molecule has 3 aromatic carbocycles. The van der Waals surface area contributed by atoms with Gasteiger partial charge in [-0.2, -0.15) is 13.5 Å². The van der Waals surface area contributed by atoms with Crippen LogP contribution in [0.1, 0.15) is 11.1 Å². The Morgan fingerprint density at radius 2 is 1.76 bits per heavy atom. The van der Waals surface area contributed by atoms with E-state index in [0.717, 1.165) is 22.9 Å². The molecule has 0 aliphatic heterocycles. The second kappa shape index (κ2) is 10.1. The van der Waals surface area contributed by atoms with E-state index >= 15 is 0 Å². The molecule has 1 amide bonds. The Morgan fingerprint density at radius 3 is 2.55 bits per heavy atom. The van der Waals surface area contributed by atoms with Crippen LogP contribution in [-0.4, -0.2) is 36.2 Å². The van der Waals surface area contributed by atoms with Crippen molar-refractivity contribution in [3.8, 4) is 5.75 Å². The van der Waals surface area contributed by atoms with Gasteiger partial charge in [-0.1, -0.05) is 48.5 Å². The third kappa shape index (κ3) is 5.54. The SMILES string of the molecule is COc1cccc(CNC(=O)[C@@H](Cc2ccccc2)NS(=O)(=O)c2cccc3nsnc23)c1. The Kier molecular flexibility index (Phi) is 6.97. The first kappa shape index (κ1) is 22.8. The molecule has 0 aliphatic carbocycles. The number of sulfonamides is 1. The van der Waals surface area contributed by atoms with Crippen LogP contribution in [0.5, 0.6) is 5.75 Å². The summed E-state index contributed by atoms with van der Waals surface area (Å²) in [6.45, 7) is 0.231. The summed E-state index contributed by atoms with van der Waals surface area (Å²) in [5, 5.41) is 2.83. The summed E-state index contributed by atoms with van der Waals surface area (Å²) in [6.07, 6.45) is 0.190. The Bertz CT molecular complexity index is 1360. The highest BCUT2D eigenvalue weighted by Crippen LogP contribution is 2.21. The zero-order valence-corrected chi connectivity index (χ0v) is 19.4. The number of nitrogens with zero attached hydrogens (tertiary/aromatic N) is 2. The lowest BCUT2D eigenvalue weighted by Gasteiger charge is -2.19. The topological polar surface area (TPSA) is 110 Å². The zero-order valence-electron chi connectivity index (χ0n) is 17.8. The average Bonchev–Trinajstić information content (AvgIpc) is 3.31. The fourth-order valence-corrected chi connectivity index (χ4v) is 5.34. The predicted molar refractivity (Wildman–Crippen MR) is 127 cm³/mol. The highest BCUT2D eigenvalue weighted by molar-refractivity contribution is 7.89. The van der Waals surface area contributed by atoms with Crippen molar-refractivity contribution >= 4 is 38.7 Å². The first-order valence-electron chi connectivity index (χ1n) is 10.1. The number of aromatic nitrogens is 2. The normalized spacial score (nSPS) is 12.4. The van der Waals surface area contributed by atoms with Crippen LogP contribution in [-0.2, 0) is 27.8 Å². The van der Waals surface area contributed by atoms with E-state index in [0.29, 0.717) is 11.3 Å². The third-order valence-corrected chi connectivity index (χ3v) is 7.08. The number of carbonyl (C=O) groups is 1. The highest BCUT2D eigenvalue weighted by Gasteiger charge is 2.28. The lowest BCUT2D eigenvalue weighted by molar-refractivity contribution is -0.122. The predicted octanol–water partition coefficient (Wildman–Crippen LogP) is 2.91. The second-order valence-electron chi connectivity index (χ2n) is 7.32. The van der Waals surface area contributed by atoms with Gasteiger partial charge in [0.1, 0.15) is 27.7 Å². The molecule has 170 valence electrons.